The summed E-state index contributed by atoms with van der Waals surface area (Å²) in [6, 6.07) is 11.7. The van der Waals surface area contributed by atoms with Crippen molar-refractivity contribution in [3.8, 4) is 11.5 Å². The molecule has 1 aliphatic heterocycles. The molecular formula is C20H22FN3O4. The molecule has 1 aliphatic rings. The van der Waals surface area contributed by atoms with E-state index in [4.69, 9.17) is 14.2 Å². The number of hydrazone groups is 1. The quantitative estimate of drug-likeness (QED) is 0.583. The van der Waals surface area contributed by atoms with Gasteiger partial charge in [-0.3, -0.25) is 4.79 Å². The summed E-state index contributed by atoms with van der Waals surface area (Å²) < 4.78 is 30.0. The van der Waals surface area contributed by atoms with Gasteiger partial charge in [0.15, 0.2) is 6.61 Å². The molecule has 3 rings (SSSR count). The zero-order valence-corrected chi connectivity index (χ0v) is 15.6. The highest BCUT2D eigenvalue weighted by atomic mass is 19.1. The Balaban J connectivity index is 1.48. The number of methoxy groups -OCH3 is 1. The van der Waals surface area contributed by atoms with E-state index < -0.39 is 5.91 Å². The van der Waals surface area contributed by atoms with Crippen molar-refractivity contribution >= 4 is 17.8 Å². The van der Waals surface area contributed by atoms with Gasteiger partial charge >= 0.3 is 0 Å². The van der Waals surface area contributed by atoms with Crippen molar-refractivity contribution in [2.75, 3.05) is 44.9 Å². The van der Waals surface area contributed by atoms with Crippen LogP contribution in [0.15, 0.2) is 47.6 Å². The Bertz CT molecular complexity index is 821. The van der Waals surface area contributed by atoms with E-state index in [0.717, 1.165) is 0 Å². The van der Waals surface area contributed by atoms with Crippen molar-refractivity contribution in [2.24, 2.45) is 5.10 Å². The number of morpholine rings is 1. The normalized spacial score (nSPS) is 14.1. The maximum Gasteiger partial charge on any atom is 0.277 e. The van der Waals surface area contributed by atoms with Gasteiger partial charge in [-0.25, -0.2) is 9.82 Å². The fourth-order valence-corrected chi connectivity index (χ4v) is 2.70. The molecule has 0 radical (unpaired) electrons. The number of rotatable bonds is 7. The summed E-state index contributed by atoms with van der Waals surface area (Å²) in [5.41, 5.74) is 3.44. The maximum atomic E-state index is 14.3. The first-order valence-corrected chi connectivity index (χ1v) is 8.87. The molecule has 0 atom stereocenters. The number of hydrogen-bond acceptors (Lipinski definition) is 6. The number of nitrogens with one attached hydrogen (secondary N) is 1. The third kappa shape index (κ3) is 5.43. The molecule has 1 amide bonds. The van der Waals surface area contributed by atoms with Crippen LogP contribution in [0.1, 0.15) is 5.56 Å². The molecule has 0 unspecified atom stereocenters. The molecule has 0 aliphatic carbocycles. The number of halogens is 1. The van der Waals surface area contributed by atoms with Crippen molar-refractivity contribution in [2.45, 2.75) is 0 Å². The van der Waals surface area contributed by atoms with Crippen LogP contribution >= 0.6 is 0 Å². The minimum Gasteiger partial charge on any atom is -0.497 e. The minimum atomic E-state index is -0.419. The van der Waals surface area contributed by atoms with Gasteiger partial charge in [0.05, 0.1) is 32.2 Å². The Morgan fingerprint density at radius 2 is 1.93 bits per heavy atom. The second-order valence-corrected chi connectivity index (χ2v) is 6.07. The number of carbonyl (C=O) groups is 1. The first-order valence-electron chi connectivity index (χ1n) is 8.87. The Kier molecular flexibility index (Phi) is 6.80. The zero-order valence-electron chi connectivity index (χ0n) is 15.6. The van der Waals surface area contributed by atoms with E-state index in [1.165, 1.54) is 12.3 Å². The third-order valence-corrected chi connectivity index (χ3v) is 4.16. The molecule has 7 nitrogen and oxygen atoms in total. The van der Waals surface area contributed by atoms with Crippen molar-refractivity contribution in [3.63, 3.8) is 0 Å². The van der Waals surface area contributed by atoms with E-state index in [0.29, 0.717) is 49.1 Å². The number of hydrogen-bond donors (Lipinski definition) is 1. The predicted octanol–water partition coefficient (Wildman–Crippen LogP) is 2.20. The largest absolute Gasteiger partial charge is 0.497 e. The average molecular weight is 387 g/mol. The minimum absolute atomic E-state index is 0.187. The molecule has 0 spiro atoms. The lowest BCUT2D eigenvalue weighted by Crippen LogP contribution is -2.36. The van der Waals surface area contributed by atoms with Crippen molar-refractivity contribution < 1.29 is 23.4 Å². The maximum absolute atomic E-state index is 14.3. The van der Waals surface area contributed by atoms with Gasteiger partial charge in [-0.1, -0.05) is 6.07 Å². The van der Waals surface area contributed by atoms with Crippen LogP contribution in [0.4, 0.5) is 10.1 Å². The van der Waals surface area contributed by atoms with E-state index in [2.05, 4.69) is 10.5 Å². The molecule has 1 fully saturated rings. The van der Waals surface area contributed by atoms with Gasteiger partial charge in [-0.05, 0) is 42.0 Å². The number of ether oxygens (including phenoxy) is 3. The second-order valence-electron chi connectivity index (χ2n) is 6.07. The summed E-state index contributed by atoms with van der Waals surface area (Å²) in [6.07, 6.45) is 1.39. The molecule has 1 saturated heterocycles. The van der Waals surface area contributed by atoms with Crippen molar-refractivity contribution in [1.29, 1.82) is 0 Å². The Labute approximate surface area is 162 Å². The molecule has 0 aromatic heterocycles. The van der Waals surface area contributed by atoms with Gasteiger partial charge in [-0.15, -0.1) is 0 Å². The molecular weight excluding hydrogens is 365 g/mol. The molecule has 1 heterocycles. The van der Waals surface area contributed by atoms with E-state index in [1.807, 2.05) is 4.90 Å². The lowest BCUT2D eigenvalue weighted by atomic mass is 10.2. The first-order chi connectivity index (χ1) is 13.7. The van der Waals surface area contributed by atoms with Crippen LogP contribution in [-0.4, -0.2) is 52.1 Å². The van der Waals surface area contributed by atoms with Crippen LogP contribution in [0, 0.1) is 5.82 Å². The Morgan fingerprint density at radius 1 is 1.21 bits per heavy atom. The number of nitrogens with zero attached hydrogens (tertiary/aromatic N) is 2. The number of carbonyl (C=O) groups excluding carboxylic acids is 1. The molecule has 148 valence electrons. The van der Waals surface area contributed by atoms with Crippen LogP contribution in [0.5, 0.6) is 11.5 Å². The zero-order chi connectivity index (χ0) is 19.8. The molecule has 1 N–H and O–H groups in total. The van der Waals surface area contributed by atoms with Crippen LogP contribution in [-0.2, 0) is 9.53 Å². The summed E-state index contributed by atoms with van der Waals surface area (Å²) in [7, 11) is 1.57. The fourth-order valence-electron chi connectivity index (χ4n) is 2.70. The van der Waals surface area contributed by atoms with E-state index >= 15 is 0 Å². The Morgan fingerprint density at radius 3 is 2.61 bits per heavy atom. The standard InChI is InChI=1S/C20H22FN3O4/c1-26-16-3-5-17(6-4-16)28-14-20(25)23-22-13-15-2-7-19(18(21)12-15)24-8-10-27-11-9-24/h2-7,12-13H,8-11,14H2,1H3,(H,23,25)/b22-13+. The summed E-state index contributed by atoms with van der Waals surface area (Å²) in [5, 5.41) is 3.84. The van der Waals surface area contributed by atoms with Crippen LogP contribution < -0.4 is 19.8 Å². The predicted molar refractivity (Wildman–Crippen MR) is 104 cm³/mol. The third-order valence-electron chi connectivity index (χ3n) is 4.16. The summed E-state index contributed by atoms with van der Waals surface area (Å²) in [4.78, 5) is 13.7. The van der Waals surface area contributed by atoms with Gasteiger partial charge in [-0.2, -0.15) is 5.10 Å². The van der Waals surface area contributed by atoms with Gasteiger partial charge in [0.2, 0.25) is 0 Å². The van der Waals surface area contributed by atoms with Gasteiger partial charge in [0, 0.05) is 13.1 Å². The number of anilines is 1. The van der Waals surface area contributed by atoms with Crippen LogP contribution in [0.2, 0.25) is 0 Å². The first kappa shape index (κ1) is 19.6. The van der Waals surface area contributed by atoms with Crippen LogP contribution in [0.25, 0.3) is 0 Å². The lowest BCUT2D eigenvalue weighted by molar-refractivity contribution is -0.123. The monoisotopic (exact) mass is 387 g/mol. The highest BCUT2D eigenvalue weighted by Gasteiger charge is 2.15. The van der Waals surface area contributed by atoms with Crippen molar-refractivity contribution in [3.05, 3.63) is 53.8 Å². The summed E-state index contributed by atoms with van der Waals surface area (Å²) in [6.45, 7) is 2.32. The summed E-state index contributed by atoms with van der Waals surface area (Å²) in [5.74, 6) is 0.492. The molecule has 8 heteroatoms. The molecule has 2 aromatic rings. The Hall–Kier alpha value is -3.13. The lowest BCUT2D eigenvalue weighted by Gasteiger charge is -2.29. The fraction of sp³-hybridized carbons (Fsp3) is 0.300. The summed E-state index contributed by atoms with van der Waals surface area (Å²) >= 11 is 0. The van der Waals surface area contributed by atoms with Gasteiger partial charge in [0.1, 0.15) is 17.3 Å². The number of amides is 1. The highest BCUT2D eigenvalue weighted by Crippen LogP contribution is 2.21. The molecule has 0 saturated carbocycles. The topological polar surface area (TPSA) is 72.4 Å². The van der Waals surface area contributed by atoms with Crippen LogP contribution in [0.3, 0.4) is 0 Å². The van der Waals surface area contributed by atoms with E-state index in [1.54, 1.807) is 43.5 Å². The van der Waals surface area contributed by atoms with Gasteiger partial charge < -0.3 is 19.1 Å². The second kappa shape index (κ2) is 9.70. The average Bonchev–Trinajstić information content (AvgIpc) is 2.73. The van der Waals surface area contributed by atoms with E-state index in [-0.39, 0.29) is 12.4 Å². The SMILES string of the molecule is COc1ccc(OCC(=O)N/N=C/c2ccc(N3CCOCC3)c(F)c2)cc1. The van der Waals surface area contributed by atoms with E-state index in [9.17, 15) is 9.18 Å². The van der Waals surface area contributed by atoms with Crippen molar-refractivity contribution in [1.82, 2.24) is 5.43 Å². The number of benzene rings is 2. The molecule has 0 bridgehead atoms. The molecule has 28 heavy (non-hydrogen) atoms. The smallest absolute Gasteiger partial charge is 0.277 e. The molecule has 2 aromatic carbocycles. The highest BCUT2D eigenvalue weighted by molar-refractivity contribution is 5.83. The van der Waals surface area contributed by atoms with Gasteiger partial charge in [0.25, 0.3) is 5.91 Å².